The van der Waals surface area contributed by atoms with Crippen molar-refractivity contribution in [2.45, 2.75) is 25.7 Å². The van der Waals surface area contributed by atoms with E-state index in [9.17, 15) is 4.79 Å². The summed E-state index contributed by atoms with van der Waals surface area (Å²) in [5, 5.41) is 0.970. The predicted octanol–water partition coefficient (Wildman–Crippen LogP) is 3.89. The summed E-state index contributed by atoms with van der Waals surface area (Å²) in [4.78, 5) is 22.0. The zero-order valence-electron chi connectivity index (χ0n) is 17.2. The van der Waals surface area contributed by atoms with Crippen LogP contribution < -0.4 is 4.90 Å². The van der Waals surface area contributed by atoms with Crippen LogP contribution in [0.3, 0.4) is 0 Å². The summed E-state index contributed by atoms with van der Waals surface area (Å²) in [7, 11) is 0. The second-order valence-electron chi connectivity index (χ2n) is 8.33. The van der Waals surface area contributed by atoms with Crippen LogP contribution in [0.2, 0.25) is 0 Å². The molecule has 30 heavy (non-hydrogen) atoms. The van der Waals surface area contributed by atoms with Gasteiger partial charge in [-0.1, -0.05) is 60.2 Å². The zero-order valence-corrected chi connectivity index (χ0v) is 18.0. The molecule has 0 bridgehead atoms. The summed E-state index contributed by atoms with van der Waals surface area (Å²) in [5.41, 5.74) is 3.79. The normalized spacial score (nSPS) is 21.0. The van der Waals surface area contributed by atoms with Gasteiger partial charge >= 0.3 is 0 Å². The molecule has 3 aromatic rings. The van der Waals surface area contributed by atoms with Crippen molar-refractivity contribution in [1.29, 1.82) is 0 Å². The highest BCUT2D eigenvalue weighted by Crippen LogP contribution is 2.48. The molecule has 2 fully saturated rings. The molecule has 154 valence electrons. The van der Waals surface area contributed by atoms with Gasteiger partial charge in [0, 0.05) is 50.1 Å². The van der Waals surface area contributed by atoms with Crippen LogP contribution in [0.25, 0.3) is 0 Å². The monoisotopic (exact) mass is 418 g/mol. The lowest BCUT2D eigenvalue weighted by Crippen LogP contribution is -2.49. The molecule has 0 radical (unpaired) electrons. The first-order chi connectivity index (χ1) is 14.7. The first-order valence-electron chi connectivity index (χ1n) is 10.6. The Morgan fingerprint density at radius 3 is 2.50 bits per heavy atom. The van der Waals surface area contributed by atoms with Gasteiger partial charge < -0.3 is 9.80 Å². The third kappa shape index (κ3) is 4.10. The summed E-state index contributed by atoms with van der Waals surface area (Å²) < 4.78 is 4.55. The zero-order chi connectivity index (χ0) is 20.5. The second-order valence-corrected chi connectivity index (χ2v) is 9.06. The van der Waals surface area contributed by atoms with Gasteiger partial charge in [0.05, 0.1) is 0 Å². The number of nitrogens with zero attached hydrogens (tertiary/aromatic N) is 4. The minimum Gasteiger partial charge on any atom is -0.343 e. The van der Waals surface area contributed by atoms with Gasteiger partial charge in [-0.3, -0.25) is 4.79 Å². The maximum Gasteiger partial charge on any atom is 0.226 e. The molecule has 1 saturated heterocycles. The number of piperazine rings is 1. The topological polar surface area (TPSA) is 49.3 Å². The summed E-state index contributed by atoms with van der Waals surface area (Å²) in [6.07, 6.45) is 1.75. The van der Waals surface area contributed by atoms with Gasteiger partial charge in [0.1, 0.15) is 5.82 Å². The highest BCUT2D eigenvalue weighted by molar-refractivity contribution is 7.09. The number of aryl methyl sites for hydroxylation is 1. The molecule has 1 aliphatic carbocycles. The molecule has 2 aromatic carbocycles. The molecule has 1 saturated carbocycles. The van der Waals surface area contributed by atoms with Gasteiger partial charge in [0.25, 0.3) is 0 Å². The number of hydrogen-bond acceptors (Lipinski definition) is 5. The molecular formula is C24H26N4OS. The smallest absolute Gasteiger partial charge is 0.226 e. The summed E-state index contributed by atoms with van der Waals surface area (Å²) in [6.45, 7) is 5.28. The number of hydrogen-bond donors (Lipinski definition) is 0. The van der Waals surface area contributed by atoms with E-state index < -0.39 is 0 Å². The van der Waals surface area contributed by atoms with Crippen LogP contribution >= 0.6 is 11.5 Å². The number of aromatic nitrogens is 2. The fraction of sp³-hybridized carbons (Fsp3) is 0.375. The minimum atomic E-state index is 0.168. The number of amides is 1. The molecule has 2 heterocycles. The molecule has 1 amide bonds. The lowest BCUT2D eigenvalue weighted by Gasteiger charge is -2.34. The molecule has 0 N–H and O–H groups in total. The number of anilines is 1. The van der Waals surface area contributed by atoms with E-state index >= 15 is 0 Å². The van der Waals surface area contributed by atoms with E-state index in [2.05, 4.69) is 64.7 Å². The van der Waals surface area contributed by atoms with Crippen molar-refractivity contribution in [3.63, 3.8) is 0 Å². The SMILES string of the molecule is Cc1ccc(Cc2nsc(N3CCN(C(=O)[C@H]4C[C@H]4c4ccccc4)CC3)n2)cc1. The lowest BCUT2D eigenvalue weighted by molar-refractivity contribution is -0.132. The molecule has 2 aliphatic rings. The van der Waals surface area contributed by atoms with Gasteiger partial charge in [0.2, 0.25) is 11.0 Å². The molecule has 1 aromatic heterocycles. The van der Waals surface area contributed by atoms with E-state index in [1.807, 2.05) is 11.0 Å². The maximum absolute atomic E-state index is 12.9. The quantitative estimate of drug-likeness (QED) is 0.631. The molecule has 5 nitrogen and oxygen atoms in total. The summed E-state index contributed by atoms with van der Waals surface area (Å²) in [6, 6.07) is 19.0. The van der Waals surface area contributed by atoms with Crippen molar-refractivity contribution < 1.29 is 4.79 Å². The van der Waals surface area contributed by atoms with Crippen molar-refractivity contribution >= 4 is 22.6 Å². The van der Waals surface area contributed by atoms with Crippen molar-refractivity contribution in [3.05, 3.63) is 77.1 Å². The van der Waals surface area contributed by atoms with Gasteiger partial charge in [0.15, 0.2) is 0 Å². The van der Waals surface area contributed by atoms with E-state index in [0.29, 0.717) is 11.8 Å². The Kier molecular flexibility index (Phi) is 5.25. The fourth-order valence-electron chi connectivity index (χ4n) is 4.22. The first-order valence-corrected chi connectivity index (χ1v) is 11.4. The number of benzene rings is 2. The Hall–Kier alpha value is -2.73. The van der Waals surface area contributed by atoms with E-state index in [1.165, 1.54) is 28.2 Å². The van der Waals surface area contributed by atoms with Crippen LogP contribution in [-0.2, 0) is 11.2 Å². The lowest BCUT2D eigenvalue weighted by atomic mass is 10.1. The molecular weight excluding hydrogens is 392 g/mol. The van der Waals surface area contributed by atoms with Crippen LogP contribution in [0.5, 0.6) is 0 Å². The number of carbonyl (C=O) groups excluding carboxylic acids is 1. The van der Waals surface area contributed by atoms with E-state index in [-0.39, 0.29) is 5.92 Å². The van der Waals surface area contributed by atoms with Crippen LogP contribution in [-0.4, -0.2) is 46.3 Å². The molecule has 0 unspecified atom stereocenters. The van der Waals surface area contributed by atoms with Crippen LogP contribution in [0.15, 0.2) is 54.6 Å². The van der Waals surface area contributed by atoms with Crippen LogP contribution in [0.1, 0.15) is 34.9 Å². The summed E-state index contributed by atoms with van der Waals surface area (Å²) >= 11 is 1.47. The largest absolute Gasteiger partial charge is 0.343 e. The third-order valence-corrected chi connectivity index (χ3v) is 6.95. The average molecular weight is 419 g/mol. The van der Waals surface area contributed by atoms with Crippen molar-refractivity contribution in [3.8, 4) is 0 Å². The standard InChI is InChI=1S/C24H26N4OS/c1-17-7-9-18(10-8-17)15-22-25-24(30-26-22)28-13-11-27(12-14-28)23(29)21-16-20(21)19-5-3-2-4-6-19/h2-10,20-21H,11-16H2,1H3/t20-,21-/m0/s1. The molecule has 0 spiro atoms. The predicted molar refractivity (Wildman–Crippen MR) is 120 cm³/mol. The Balaban J connectivity index is 1.14. The fourth-order valence-corrected chi connectivity index (χ4v) is 4.96. The van der Waals surface area contributed by atoms with E-state index in [0.717, 1.165) is 50.0 Å². The van der Waals surface area contributed by atoms with Crippen LogP contribution in [0.4, 0.5) is 5.13 Å². The van der Waals surface area contributed by atoms with Gasteiger partial charge in [-0.2, -0.15) is 4.37 Å². The Bertz CT molecular complexity index is 1010. The van der Waals surface area contributed by atoms with Crippen molar-refractivity contribution in [2.24, 2.45) is 5.92 Å². The highest BCUT2D eigenvalue weighted by Gasteiger charge is 2.46. The Morgan fingerprint density at radius 1 is 1.03 bits per heavy atom. The van der Waals surface area contributed by atoms with Gasteiger partial charge in [-0.05, 0) is 30.4 Å². The molecule has 2 atom stereocenters. The Morgan fingerprint density at radius 2 is 1.77 bits per heavy atom. The third-order valence-electron chi connectivity index (χ3n) is 6.14. The number of rotatable bonds is 5. The molecule has 1 aliphatic heterocycles. The van der Waals surface area contributed by atoms with Crippen LogP contribution in [0, 0.1) is 12.8 Å². The van der Waals surface area contributed by atoms with Crippen molar-refractivity contribution in [2.75, 3.05) is 31.1 Å². The van der Waals surface area contributed by atoms with Gasteiger partial charge in [-0.15, -0.1) is 0 Å². The van der Waals surface area contributed by atoms with Crippen molar-refractivity contribution in [1.82, 2.24) is 14.3 Å². The first kappa shape index (κ1) is 19.2. The number of carbonyl (C=O) groups is 1. The maximum atomic E-state index is 12.9. The minimum absolute atomic E-state index is 0.168. The second kappa shape index (κ2) is 8.19. The summed E-state index contributed by atoms with van der Waals surface area (Å²) in [5.74, 6) is 1.77. The Labute approximate surface area is 181 Å². The van der Waals surface area contributed by atoms with Gasteiger partial charge in [-0.25, -0.2) is 4.98 Å². The van der Waals surface area contributed by atoms with E-state index in [4.69, 9.17) is 4.98 Å². The molecule has 5 rings (SSSR count). The van der Waals surface area contributed by atoms with E-state index in [1.54, 1.807) is 0 Å². The molecule has 6 heteroatoms. The average Bonchev–Trinajstić information content (AvgIpc) is 3.46. The highest BCUT2D eigenvalue weighted by atomic mass is 32.1.